The van der Waals surface area contributed by atoms with Gasteiger partial charge in [0.05, 0.1) is 10.6 Å². The van der Waals surface area contributed by atoms with Crippen LogP contribution in [0, 0.1) is 20.8 Å². The molecule has 0 aliphatic heterocycles. The van der Waals surface area contributed by atoms with Crippen LogP contribution < -0.4 is 9.62 Å². The highest BCUT2D eigenvalue weighted by molar-refractivity contribution is 7.92. The third kappa shape index (κ3) is 6.74. The molecule has 3 aromatic carbocycles. The van der Waals surface area contributed by atoms with Crippen molar-refractivity contribution < 1.29 is 18.0 Å². The van der Waals surface area contributed by atoms with Crippen LogP contribution >= 0.6 is 11.6 Å². The number of sulfonamides is 1. The van der Waals surface area contributed by atoms with E-state index in [-0.39, 0.29) is 17.3 Å². The van der Waals surface area contributed by atoms with E-state index < -0.39 is 28.5 Å². The summed E-state index contributed by atoms with van der Waals surface area (Å²) in [5.74, 6) is -0.801. The van der Waals surface area contributed by atoms with E-state index in [2.05, 4.69) is 5.32 Å². The maximum atomic E-state index is 13.9. The summed E-state index contributed by atoms with van der Waals surface area (Å²) in [5, 5.41) is 3.03. The van der Waals surface area contributed by atoms with Crippen molar-refractivity contribution in [2.75, 3.05) is 17.9 Å². The number of aryl methyl sites for hydroxylation is 3. The number of halogens is 1. The van der Waals surface area contributed by atoms with Crippen molar-refractivity contribution in [3.63, 3.8) is 0 Å². The Morgan fingerprint density at radius 1 is 0.947 bits per heavy atom. The van der Waals surface area contributed by atoms with E-state index in [1.54, 1.807) is 12.1 Å². The minimum atomic E-state index is -4.14. The number of anilines is 1. The Hall–Kier alpha value is -3.36. The van der Waals surface area contributed by atoms with Crippen molar-refractivity contribution in [1.82, 2.24) is 10.2 Å². The summed E-state index contributed by atoms with van der Waals surface area (Å²) >= 11 is 6.00. The van der Waals surface area contributed by atoms with Crippen LogP contribution in [0.5, 0.6) is 0 Å². The van der Waals surface area contributed by atoms with Gasteiger partial charge in [-0.15, -0.1) is 0 Å². The number of rotatable bonds is 10. The van der Waals surface area contributed by atoms with Gasteiger partial charge in [0, 0.05) is 18.6 Å². The summed E-state index contributed by atoms with van der Waals surface area (Å²) in [4.78, 5) is 28.2. The van der Waals surface area contributed by atoms with Gasteiger partial charge in [-0.3, -0.25) is 13.9 Å². The molecule has 0 bridgehead atoms. The Balaban J connectivity index is 2.09. The fraction of sp³-hybridized carbons (Fsp3) is 0.310. The number of likely N-dealkylation sites (N-methyl/N-ethyl adjacent to an activating group) is 1. The van der Waals surface area contributed by atoms with Gasteiger partial charge in [0.1, 0.15) is 12.6 Å². The molecular weight excluding hydrogens is 522 g/mol. The number of nitrogens with zero attached hydrogens (tertiary/aromatic N) is 2. The van der Waals surface area contributed by atoms with Crippen LogP contribution in [0.1, 0.15) is 35.6 Å². The zero-order chi connectivity index (χ0) is 28.0. The topological polar surface area (TPSA) is 86.8 Å². The van der Waals surface area contributed by atoms with Gasteiger partial charge in [0.15, 0.2) is 0 Å². The lowest BCUT2D eigenvalue weighted by Gasteiger charge is -2.33. The summed E-state index contributed by atoms with van der Waals surface area (Å²) in [6, 6.07) is 18.0. The highest BCUT2D eigenvalue weighted by Crippen LogP contribution is 2.27. The van der Waals surface area contributed by atoms with Crippen LogP contribution in [-0.2, 0) is 26.2 Å². The molecule has 9 heteroatoms. The number of hydrogen-bond acceptors (Lipinski definition) is 4. The zero-order valence-corrected chi connectivity index (χ0v) is 23.9. The Kier molecular flexibility index (Phi) is 9.57. The molecule has 0 aromatic heterocycles. The predicted molar refractivity (Wildman–Crippen MR) is 152 cm³/mol. The standard InChI is InChI=1S/C29H34ClN3O4S/c1-6-27(29(35)31-5)32(18-23-9-7-8-20(2)16-23)28(34)19-33(25-13-10-21(3)22(4)17-25)38(36,37)26-14-11-24(30)12-15-26/h7-17,27H,6,18-19H2,1-5H3,(H,31,35)/t27-/m0/s1. The summed E-state index contributed by atoms with van der Waals surface area (Å²) in [5.41, 5.74) is 4.11. The quantitative estimate of drug-likeness (QED) is 0.381. The second kappa shape index (κ2) is 12.5. The minimum absolute atomic E-state index is 0.0107. The van der Waals surface area contributed by atoms with Crippen LogP contribution in [-0.4, -0.2) is 44.8 Å². The van der Waals surface area contributed by atoms with E-state index in [9.17, 15) is 18.0 Å². The highest BCUT2D eigenvalue weighted by atomic mass is 35.5. The fourth-order valence-corrected chi connectivity index (χ4v) is 5.77. The number of amides is 2. The molecule has 0 aliphatic carbocycles. The molecule has 3 aromatic rings. The molecule has 0 saturated heterocycles. The Labute approximate surface area is 230 Å². The van der Waals surface area contributed by atoms with Gasteiger partial charge in [-0.1, -0.05) is 54.4 Å². The largest absolute Gasteiger partial charge is 0.357 e. The van der Waals surface area contributed by atoms with Crippen LogP contribution in [0.2, 0.25) is 5.02 Å². The van der Waals surface area contributed by atoms with E-state index in [0.29, 0.717) is 17.1 Å². The molecule has 2 amide bonds. The van der Waals surface area contributed by atoms with E-state index >= 15 is 0 Å². The average Bonchev–Trinajstić information content (AvgIpc) is 2.88. The van der Waals surface area contributed by atoms with Crippen LogP contribution in [0.25, 0.3) is 0 Å². The van der Waals surface area contributed by atoms with Gasteiger partial charge < -0.3 is 10.2 Å². The second-order valence-corrected chi connectivity index (χ2v) is 11.6. The molecule has 1 N–H and O–H groups in total. The first kappa shape index (κ1) is 29.2. The first-order valence-electron chi connectivity index (χ1n) is 12.4. The lowest BCUT2D eigenvalue weighted by molar-refractivity contribution is -0.140. The smallest absolute Gasteiger partial charge is 0.264 e. The molecule has 38 heavy (non-hydrogen) atoms. The lowest BCUT2D eigenvalue weighted by atomic mass is 10.1. The van der Waals surface area contributed by atoms with Gasteiger partial charge in [-0.25, -0.2) is 8.42 Å². The second-order valence-electron chi connectivity index (χ2n) is 9.28. The van der Waals surface area contributed by atoms with E-state index in [0.717, 1.165) is 26.6 Å². The zero-order valence-electron chi connectivity index (χ0n) is 22.4. The molecule has 0 fully saturated rings. The number of benzene rings is 3. The summed E-state index contributed by atoms with van der Waals surface area (Å²) in [6.07, 6.45) is 0.366. The third-order valence-corrected chi connectivity index (χ3v) is 8.57. The van der Waals surface area contributed by atoms with Crippen molar-refractivity contribution >= 4 is 39.1 Å². The van der Waals surface area contributed by atoms with Crippen molar-refractivity contribution in [3.8, 4) is 0 Å². The fourth-order valence-electron chi connectivity index (χ4n) is 4.24. The molecule has 7 nitrogen and oxygen atoms in total. The molecule has 0 radical (unpaired) electrons. The normalized spacial score (nSPS) is 12.1. The summed E-state index contributed by atoms with van der Waals surface area (Å²) in [6.45, 7) is 7.27. The van der Waals surface area contributed by atoms with Crippen molar-refractivity contribution in [2.45, 2.75) is 51.6 Å². The van der Waals surface area contributed by atoms with E-state index in [1.807, 2.05) is 58.0 Å². The van der Waals surface area contributed by atoms with E-state index in [4.69, 9.17) is 11.6 Å². The Morgan fingerprint density at radius 2 is 1.63 bits per heavy atom. The molecule has 0 aliphatic rings. The monoisotopic (exact) mass is 555 g/mol. The minimum Gasteiger partial charge on any atom is -0.357 e. The molecule has 3 rings (SSSR count). The van der Waals surface area contributed by atoms with Crippen LogP contribution in [0.3, 0.4) is 0 Å². The van der Waals surface area contributed by atoms with Crippen LogP contribution in [0.15, 0.2) is 71.6 Å². The van der Waals surface area contributed by atoms with Gasteiger partial charge >= 0.3 is 0 Å². The molecule has 0 saturated carbocycles. The molecule has 1 atom stereocenters. The average molecular weight is 556 g/mol. The molecule has 0 spiro atoms. The molecular formula is C29H34ClN3O4S. The SMILES string of the molecule is CC[C@@H](C(=O)NC)N(Cc1cccc(C)c1)C(=O)CN(c1ccc(C)c(C)c1)S(=O)(=O)c1ccc(Cl)cc1. The van der Waals surface area contributed by atoms with E-state index in [1.165, 1.54) is 36.2 Å². The maximum absolute atomic E-state index is 13.9. The van der Waals surface area contributed by atoms with Crippen molar-refractivity contribution in [2.24, 2.45) is 0 Å². The molecule has 202 valence electrons. The summed E-state index contributed by atoms with van der Waals surface area (Å²) < 4.78 is 28.8. The van der Waals surface area contributed by atoms with Gasteiger partial charge in [0.2, 0.25) is 11.8 Å². The van der Waals surface area contributed by atoms with Gasteiger partial charge in [-0.2, -0.15) is 0 Å². The van der Waals surface area contributed by atoms with Gasteiger partial charge in [-0.05, 0) is 80.3 Å². The number of nitrogens with one attached hydrogen (secondary N) is 1. The number of carbonyl (C=O) groups excluding carboxylic acids is 2. The Morgan fingerprint density at radius 3 is 2.21 bits per heavy atom. The van der Waals surface area contributed by atoms with Crippen molar-refractivity contribution in [3.05, 3.63) is 94.0 Å². The van der Waals surface area contributed by atoms with Gasteiger partial charge in [0.25, 0.3) is 10.0 Å². The van der Waals surface area contributed by atoms with Crippen molar-refractivity contribution in [1.29, 1.82) is 0 Å². The Bertz CT molecular complexity index is 1410. The number of hydrogen-bond donors (Lipinski definition) is 1. The summed E-state index contributed by atoms with van der Waals surface area (Å²) in [7, 11) is -2.62. The third-order valence-electron chi connectivity index (χ3n) is 6.53. The first-order valence-corrected chi connectivity index (χ1v) is 14.2. The maximum Gasteiger partial charge on any atom is 0.264 e. The van der Waals surface area contributed by atoms with Crippen LogP contribution in [0.4, 0.5) is 5.69 Å². The lowest BCUT2D eigenvalue weighted by Crippen LogP contribution is -2.51. The first-order chi connectivity index (χ1) is 18.0. The predicted octanol–water partition coefficient (Wildman–Crippen LogP) is 5.01. The molecule has 0 heterocycles. The number of carbonyl (C=O) groups is 2. The highest BCUT2D eigenvalue weighted by Gasteiger charge is 2.33. The molecule has 0 unspecified atom stereocenters.